The molecule has 0 amide bonds. The van der Waals surface area contributed by atoms with Crippen molar-refractivity contribution >= 4 is 6.29 Å². The lowest BCUT2D eigenvalue weighted by atomic mass is 10.2. The van der Waals surface area contributed by atoms with E-state index in [-0.39, 0.29) is 0 Å². The number of benzene rings is 1. The van der Waals surface area contributed by atoms with Gasteiger partial charge in [-0.2, -0.15) is 0 Å². The quantitative estimate of drug-likeness (QED) is 0.527. The van der Waals surface area contributed by atoms with Crippen LogP contribution in [0.25, 0.3) is 0 Å². The van der Waals surface area contributed by atoms with Gasteiger partial charge in [0.1, 0.15) is 11.9 Å². The van der Waals surface area contributed by atoms with Crippen LogP contribution in [0.2, 0.25) is 0 Å². The van der Waals surface area contributed by atoms with Crippen LogP contribution < -0.4 is 4.74 Å². The predicted molar refractivity (Wildman–Crippen MR) is 57.8 cm³/mol. The van der Waals surface area contributed by atoms with Gasteiger partial charge in [-0.05, 0) is 17.7 Å². The molecular weight excluding hydrogens is 192 g/mol. The molecule has 0 saturated carbocycles. The number of aldehydes is 1. The van der Waals surface area contributed by atoms with E-state index in [0.717, 1.165) is 17.6 Å². The summed E-state index contributed by atoms with van der Waals surface area (Å²) in [5, 5.41) is 0. The first-order valence-electron chi connectivity index (χ1n) is 4.62. The molecule has 1 aromatic carbocycles. The molecule has 3 nitrogen and oxygen atoms in total. The summed E-state index contributed by atoms with van der Waals surface area (Å²) in [4.78, 5) is 10.4. The molecule has 0 aliphatic rings. The van der Waals surface area contributed by atoms with E-state index in [1.54, 1.807) is 7.11 Å². The van der Waals surface area contributed by atoms with Crippen LogP contribution in [0.5, 0.6) is 5.75 Å². The highest BCUT2D eigenvalue weighted by atomic mass is 16.5. The van der Waals surface area contributed by atoms with Crippen molar-refractivity contribution in [2.24, 2.45) is 0 Å². The van der Waals surface area contributed by atoms with Gasteiger partial charge >= 0.3 is 0 Å². The molecule has 0 aliphatic carbocycles. The fourth-order valence-corrected chi connectivity index (χ4v) is 1.08. The number of rotatable bonds is 6. The van der Waals surface area contributed by atoms with E-state index in [0.29, 0.717) is 6.61 Å². The minimum absolute atomic E-state index is 0.388. The van der Waals surface area contributed by atoms with Gasteiger partial charge in [-0.15, -0.1) is 6.58 Å². The molecule has 0 N–H and O–H groups in total. The zero-order chi connectivity index (χ0) is 11.1. The highest BCUT2D eigenvalue weighted by Gasteiger charge is 2.02. The Morgan fingerprint density at radius 3 is 2.53 bits per heavy atom. The lowest BCUT2D eigenvalue weighted by Crippen LogP contribution is -2.10. The highest BCUT2D eigenvalue weighted by Crippen LogP contribution is 2.12. The van der Waals surface area contributed by atoms with Crippen molar-refractivity contribution in [1.29, 1.82) is 0 Å². The molecule has 0 heterocycles. The zero-order valence-electron chi connectivity index (χ0n) is 8.68. The number of methoxy groups -OCH3 is 1. The lowest BCUT2D eigenvalue weighted by Gasteiger charge is -2.07. The van der Waals surface area contributed by atoms with Gasteiger partial charge in [-0.25, -0.2) is 0 Å². The van der Waals surface area contributed by atoms with Crippen LogP contribution in [0.4, 0.5) is 0 Å². The van der Waals surface area contributed by atoms with Gasteiger partial charge in [0.15, 0.2) is 6.29 Å². The Bertz CT molecular complexity index is 308. The summed E-state index contributed by atoms with van der Waals surface area (Å²) in [6.45, 7) is 3.88. The van der Waals surface area contributed by atoms with E-state index in [2.05, 4.69) is 6.58 Å². The highest BCUT2D eigenvalue weighted by molar-refractivity contribution is 5.58. The van der Waals surface area contributed by atoms with Crippen molar-refractivity contribution in [3.63, 3.8) is 0 Å². The van der Waals surface area contributed by atoms with Crippen LogP contribution in [0.15, 0.2) is 36.9 Å². The van der Waals surface area contributed by atoms with Crippen molar-refractivity contribution in [3.8, 4) is 5.75 Å². The number of carbonyl (C=O) groups is 1. The molecular formula is C12H14O3. The summed E-state index contributed by atoms with van der Waals surface area (Å²) < 4.78 is 10.3. The van der Waals surface area contributed by atoms with E-state index < -0.39 is 6.10 Å². The molecule has 3 heteroatoms. The summed E-state index contributed by atoms with van der Waals surface area (Å²) in [6, 6.07) is 7.48. The smallest absolute Gasteiger partial charge is 0.152 e. The molecule has 80 valence electrons. The van der Waals surface area contributed by atoms with Crippen molar-refractivity contribution in [2.75, 3.05) is 7.11 Å². The molecule has 0 unspecified atom stereocenters. The standard InChI is InChI=1S/C12H14O3/c1-3-11(8-13)15-9-10-4-6-12(14-2)7-5-10/h3-8,11H,1,9H2,2H3/t11-/m0/s1. The number of ether oxygens (including phenoxy) is 2. The Morgan fingerprint density at radius 2 is 2.07 bits per heavy atom. The average Bonchev–Trinajstić information content (AvgIpc) is 2.31. The second-order valence-electron chi connectivity index (χ2n) is 3.00. The van der Waals surface area contributed by atoms with E-state index in [1.807, 2.05) is 24.3 Å². The maximum Gasteiger partial charge on any atom is 0.152 e. The fourth-order valence-electron chi connectivity index (χ4n) is 1.08. The van der Waals surface area contributed by atoms with Gasteiger partial charge in [0.2, 0.25) is 0 Å². The Balaban J connectivity index is 2.50. The van der Waals surface area contributed by atoms with E-state index in [4.69, 9.17) is 9.47 Å². The van der Waals surface area contributed by atoms with Crippen molar-refractivity contribution < 1.29 is 14.3 Å². The Kier molecular flexibility index (Phi) is 4.57. The summed E-state index contributed by atoms with van der Waals surface area (Å²) in [5.74, 6) is 0.800. The molecule has 0 aliphatic heterocycles. The molecule has 1 atom stereocenters. The maximum atomic E-state index is 10.4. The second kappa shape index (κ2) is 5.98. The van der Waals surface area contributed by atoms with Crippen molar-refractivity contribution in [2.45, 2.75) is 12.7 Å². The third kappa shape index (κ3) is 3.56. The average molecular weight is 206 g/mol. The van der Waals surface area contributed by atoms with Crippen molar-refractivity contribution in [3.05, 3.63) is 42.5 Å². The third-order valence-corrected chi connectivity index (χ3v) is 1.97. The Hall–Kier alpha value is -1.61. The minimum atomic E-state index is -0.535. The minimum Gasteiger partial charge on any atom is -0.497 e. The largest absolute Gasteiger partial charge is 0.497 e. The van der Waals surface area contributed by atoms with Crippen LogP contribution >= 0.6 is 0 Å². The van der Waals surface area contributed by atoms with Gasteiger partial charge < -0.3 is 14.3 Å². The van der Waals surface area contributed by atoms with Gasteiger partial charge in [0.05, 0.1) is 13.7 Å². The molecule has 0 aromatic heterocycles. The first-order chi connectivity index (χ1) is 7.30. The molecule has 1 aromatic rings. The summed E-state index contributed by atoms with van der Waals surface area (Å²) in [6.07, 6.45) is 1.65. The van der Waals surface area contributed by atoms with Crippen molar-refractivity contribution in [1.82, 2.24) is 0 Å². The monoisotopic (exact) mass is 206 g/mol. The first kappa shape index (κ1) is 11.5. The number of hydrogen-bond donors (Lipinski definition) is 0. The number of carbonyl (C=O) groups excluding carboxylic acids is 1. The normalized spacial score (nSPS) is 11.8. The number of hydrogen-bond acceptors (Lipinski definition) is 3. The molecule has 0 saturated heterocycles. The fraction of sp³-hybridized carbons (Fsp3) is 0.250. The Labute approximate surface area is 89.3 Å². The third-order valence-electron chi connectivity index (χ3n) is 1.97. The first-order valence-corrected chi connectivity index (χ1v) is 4.62. The van der Waals surface area contributed by atoms with Crippen LogP contribution in [-0.2, 0) is 16.1 Å². The van der Waals surface area contributed by atoms with Gasteiger partial charge in [-0.3, -0.25) is 0 Å². The van der Waals surface area contributed by atoms with Crippen LogP contribution in [0.3, 0.4) is 0 Å². The summed E-state index contributed by atoms with van der Waals surface area (Å²) in [7, 11) is 1.62. The molecule has 0 radical (unpaired) electrons. The predicted octanol–water partition coefficient (Wildman–Crippen LogP) is 1.97. The van der Waals surface area contributed by atoms with Crippen LogP contribution in [0, 0.1) is 0 Å². The topological polar surface area (TPSA) is 35.5 Å². The zero-order valence-corrected chi connectivity index (χ0v) is 8.68. The SMILES string of the molecule is C=C[C@@H](C=O)OCc1ccc(OC)cc1. The molecule has 0 spiro atoms. The molecule has 0 bridgehead atoms. The Morgan fingerprint density at radius 1 is 1.40 bits per heavy atom. The van der Waals surface area contributed by atoms with Crippen LogP contribution in [-0.4, -0.2) is 19.5 Å². The van der Waals surface area contributed by atoms with Crippen LogP contribution in [0.1, 0.15) is 5.56 Å². The molecule has 0 fully saturated rings. The van der Waals surface area contributed by atoms with E-state index in [9.17, 15) is 4.79 Å². The second-order valence-corrected chi connectivity index (χ2v) is 3.00. The van der Waals surface area contributed by atoms with E-state index in [1.165, 1.54) is 6.08 Å². The summed E-state index contributed by atoms with van der Waals surface area (Å²) in [5.41, 5.74) is 0.990. The van der Waals surface area contributed by atoms with Gasteiger partial charge in [0, 0.05) is 0 Å². The van der Waals surface area contributed by atoms with E-state index >= 15 is 0 Å². The molecule has 15 heavy (non-hydrogen) atoms. The summed E-state index contributed by atoms with van der Waals surface area (Å²) >= 11 is 0. The van der Waals surface area contributed by atoms with Gasteiger partial charge in [0.25, 0.3) is 0 Å². The van der Waals surface area contributed by atoms with Gasteiger partial charge in [-0.1, -0.05) is 18.2 Å². The molecule has 1 rings (SSSR count). The lowest BCUT2D eigenvalue weighted by molar-refractivity contribution is -0.116. The maximum absolute atomic E-state index is 10.4.